The number of thiocarbonyl (C=S) groups is 1. The van der Waals surface area contributed by atoms with Gasteiger partial charge in [-0.05, 0) is 59.4 Å². The highest BCUT2D eigenvalue weighted by atomic mass is 35.5. The number of halogens is 6. The van der Waals surface area contributed by atoms with Gasteiger partial charge in [-0.2, -0.15) is 13.2 Å². The van der Waals surface area contributed by atoms with Crippen molar-refractivity contribution in [1.82, 2.24) is 5.32 Å². The molecule has 9 heteroatoms. The predicted molar refractivity (Wildman–Crippen MR) is 127 cm³/mol. The fourth-order valence-electron chi connectivity index (χ4n) is 3.52. The number of alkyl halides is 3. The molecule has 0 bridgehead atoms. The van der Waals surface area contributed by atoms with Gasteiger partial charge in [0.1, 0.15) is 0 Å². The van der Waals surface area contributed by atoms with Crippen molar-refractivity contribution in [2.24, 2.45) is 4.99 Å². The largest absolute Gasteiger partial charge is 0.399 e. The number of nitrogens with one attached hydrogen (secondary N) is 1. The topological polar surface area (TPSA) is 24.4 Å². The van der Waals surface area contributed by atoms with E-state index < -0.39 is 12.1 Å². The lowest BCUT2D eigenvalue weighted by atomic mass is 9.96. The third kappa shape index (κ3) is 5.80. The Morgan fingerprint density at radius 1 is 1.19 bits per heavy atom. The molecule has 0 saturated carbocycles. The smallest absolute Gasteiger partial charge is 0.364 e. The zero-order valence-electron chi connectivity index (χ0n) is 16.3. The number of rotatable bonds is 4. The van der Waals surface area contributed by atoms with Crippen LogP contribution in [0.1, 0.15) is 40.5 Å². The van der Waals surface area contributed by atoms with E-state index in [1.807, 2.05) is 18.3 Å². The maximum absolute atomic E-state index is 13.7. The first-order valence-corrected chi connectivity index (χ1v) is 10.9. The molecule has 0 aliphatic heterocycles. The molecule has 0 aromatic heterocycles. The first kappa shape index (κ1) is 24.1. The minimum Gasteiger partial charge on any atom is -0.364 e. The molecule has 0 spiro atoms. The summed E-state index contributed by atoms with van der Waals surface area (Å²) in [5.41, 5.74) is 2.82. The number of fused-ring (bicyclic) bond motifs is 1. The van der Waals surface area contributed by atoms with E-state index in [0.717, 1.165) is 30.0 Å². The van der Waals surface area contributed by atoms with Gasteiger partial charge in [-0.15, -0.1) is 0 Å². The number of aryl methyl sites for hydroxylation is 1. The van der Waals surface area contributed by atoms with E-state index in [1.165, 1.54) is 18.2 Å². The van der Waals surface area contributed by atoms with E-state index in [2.05, 4.69) is 10.3 Å². The number of benzene rings is 2. The summed E-state index contributed by atoms with van der Waals surface area (Å²) in [6, 6.07) is 8.03. The summed E-state index contributed by atoms with van der Waals surface area (Å²) in [6.07, 6.45) is 1.58. The van der Waals surface area contributed by atoms with Gasteiger partial charge in [0.2, 0.25) is 0 Å². The van der Waals surface area contributed by atoms with Gasteiger partial charge in [-0.3, -0.25) is 0 Å². The highest BCUT2D eigenvalue weighted by Gasteiger charge is 2.39. The van der Waals surface area contributed by atoms with Crippen LogP contribution in [0, 0.1) is 0 Å². The molecule has 0 amide bonds. The van der Waals surface area contributed by atoms with Crippen LogP contribution in [0.3, 0.4) is 0 Å². The standard InChI is InChI=1S/C22H18Cl3F3N2S/c1-29-21(31)30-11-14-5-4-13-8-12(2-6-16(13)14)3-7-17(22(26,27)28)15-9-18(23)20(25)19(24)10-15/h2-3,6-11,14,17H,4-5H2,1H3,(H,29,31)/b7-3+,30-11?. The zero-order valence-corrected chi connectivity index (χ0v) is 19.4. The van der Waals surface area contributed by atoms with Gasteiger partial charge in [0.05, 0.1) is 21.0 Å². The molecular formula is C22H18Cl3F3N2S. The summed E-state index contributed by atoms with van der Waals surface area (Å²) in [7, 11) is 1.71. The molecule has 2 aromatic rings. The summed E-state index contributed by atoms with van der Waals surface area (Å²) in [5.74, 6) is -1.73. The quantitative estimate of drug-likeness (QED) is 0.263. The zero-order chi connectivity index (χ0) is 22.8. The Morgan fingerprint density at radius 2 is 1.87 bits per heavy atom. The number of allylic oxidation sites excluding steroid dienone is 1. The van der Waals surface area contributed by atoms with Crippen LogP contribution in [-0.2, 0) is 6.42 Å². The van der Waals surface area contributed by atoms with Crippen LogP contribution in [0.5, 0.6) is 0 Å². The van der Waals surface area contributed by atoms with Crippen molar-refractivity contribution in [3.05, 3.63) is 73.7 Å². The second kappa shape index (κ2) is 9.90. The van der Waals surface area contributed by atoms with Crippen molar-refractivity contribution >= 4 is 64.4 Å². The molecule has 1 N–H and O–H groups in total. The SMILES string of the molecule is CNC(=S)N=CC1CCc2cc(/C=C/C(c3cc(Cl)c(Cl)c(Cl)c3)C(F)(F)F)ccc21. The molecule has 2 nitrogen and oxygen atoms in total. The molecule has 0 heterocycles. The van der Waals surface area contributed by atoms with Gasteiger partial charge in [-0.1, -0.05) is 65.2 Å². The third-order valence-electron chi connectivity index (χ3n) is 5.08. The number of hydrogen-bond donors (Lipinski definition) is 1. The van der Waals surface area contributed by atoms with Gasteiger partial charge in [0.25, 0.3) is 0 Å². The summed E-state index contributed by atoms with van der Waals surface area (Å²) in [6.45, 7) is 0. The molecule has 1 aliphatic carbocycles. The third-order valence-corrected chi connectivity index (χ3v) is 6.58. The van der Waals surface area contributed by atoms with Gasteiger partial charge < -0.3 is 5.32 Å². The fourth-order valence-corrected chi connectivity index (χ4v) is 4.20. The Hall–Kier alpha value is -1.60. The van der Waals surface area contributed by atoms with Crippen LogP contribution >= 0.6 is 47.0 Å². The van der Waals surface area contributed by atoms with E-state index in [4.69, 9.17) is 47.0 Å². The first-order chi connectivity index (χ1) is 14.6. The van der Waals surface area contributed by atoms with E-state index in [1.54, 1.807) is 13.1 Å². The Labute approximate surface area is 199 Å². The van der Waals surface area contributed by atoms with Crippen molar-refractivity contribution in [2.75, 3.05) is 7.05 Å². The van der Waals surface area contributed by atoms with Crippen LogP contribution in [0.15, 0.2) is 41.4 Å². The summed E-state index contributed by atoms with van der Waals surface area (Å²) in [4.78, 5) is 4.21. The highest BCUT2D eigenvalue weighted by Crippen LogP contribution is 2.41. The molecule has 3 rings (SSSR count). The molecule has 31 heavy (non-hydrogen) atoms. The van der Waals surface area contributed by atoms with Crippen LogP contribution in [0.2, 0.25) is 15.1 Å². The van der Waals surface area contributed by atoms with Crippen molar-refractivity contribution in [3.63, 3.8) is 0 Å². The molecule has 2 aromatic carbocycles. The van der Waals surface area contributed by atoms with Crippen molar-refractivity contribution in [2.45, 2.75) is 30.9 Å². The van der Waals surface area contributed by atoms with Crippen LogP contribution in [-0.4, -0.2) is 24.6 Å². The summed E-state index contributed by atoms with van der Waals surface area (Å²) < 4.78 is 41.2. The van der Waals surface area contributed by atoms with Gasteiger partial charge >= 0.3 is 6.18 Å². The van der Waals surface area contributed by atoms with Crippen molar-refractivity contribution < 1.29 is 13.2 Å². The minimum absolute atomic E-state index is 0.0187. The normalized spacial score (nSPS) is 17.3. The lowest BCUT2D eigenvalue weighted by molar-refractivity contribution is -0.139. The van der Waals surface area contributed by atoms with E-state index in [-0.39, 0.29) is 26.5 Å². The molecule has 0 saturated heterocycles. The maximum atomic E-state index is 13.7. The number of hydrogen-bond acceptors (Lipinski definition) is 1. The van der Waals surface area contributed by atoms with E-state index >= 15 is 0 Å². The second-order valence-corrected chi connectivity index (χ2v) is 8.69. The predicted octanol–water partition coefficient (Wildman–Crippen LogP) is 7.61. The van der Waals surface area contributed by atoms with E-state index in [9.17, 15) is 13.2 Å². The molecule has 1 aliphatic rings. The lowest BCUT2D eigenvalue weighted by Crippen LogP contribution is -2.19. The monoisotopic (exact) mass is 504 g/mol. The molecule has 0 radical (unpaired) electrons. The highest BCUT2D eigenvalue weighted by molar-refractivity contribution is 7.80. The van der Waals surface area contributed by atoms with Gasteiger partial charge in [0.15, 0.2) is 5.11 Å². The molecule has 2 unspecified atom stereocenters. The minimum atomic E-state index is -4.51. The Morgan fingerprint density at radius 3 is 2.48 bits per heavy atom. The Bertz CT molecular complexity index is 1030. The Kier molecular flexibility index (Phi) is 7.68. The maximum Gasteiger partial charge on any atom is 0.399 e. The van der Waals surface area contributed by atoms with Crippen LogP contribution in [0.25, 0.3) is 6.08 Å². The summed E-state index contributed by atoms with van der Waals surface area (Å²) in [5, 5.41) is 3.20. The van der Waals surface area contributed by atoms with Gasteiger partial charge in [0, 0.05) is 19.2 Å². The van der Waals surface area contributed by atoms with E-state index in [0.29, 0.717) is 10.7 Å². The molecule has 0 fully saturated rings. The average Bonchev–Trinajstić information content (AvgIpc) is 3.11. The number of nitrogens with zero attached hydrogens (tertiary/aromatic N) is 1. The summed E-state index contributed by atoms with van der Waals surface area (Å²) >= 11 is 22.8. The number of aliphatic imine (C=N–C) groups is 1. The van der Waals surface area contributed by atoms with Crippen LogP contribution in [0.4, 0.5) is 13.2 Å². The van der Waals surface area contributed by atoms with Crippen molar-refractivity contribution in [3.8, 4) is 0 Å². The molecule has 164 valence electrons. The van der Waals surface area contributed by atoms with Crippen LogP contribution < -0.4 is 5.32 Å². The second-order valence-electron chi connectivity index (χ2n) is 7.11. The lowest BCUT2D eigenvalue weighted by Gasteiger charge is -2.18. The van der Waals surface area contributed by atoms with Gasteiger partial charge in [-0.25, -0.2) is 4.99 Å². The Balaban J connectivity index is 1.86. The molecular weight excluding hydrogens is 488 g/mol. The molecule has 2 atom stereocenters. The van der Waals surface area contributed by atoms with Crippen molar-refractivity contribution in [1.29, 1.82) is 0 Å². The first-order valence-electron chi connectivity index (χ1n) is 9.38. The fraction of sp³-hybridized carbons (Fsp3) is 0.273. The average molecular weight is 506 g/mol.